The van der Waals surface area contributed by atoms with Crippen molar-refractivity contribution in [3.63, 3.8) is 0 Å². The molecule has 1 heterocycles. The van der Waals surface area contributed by atoms with E-state index in [9.17, 15) is 0 Å². The fraction of sp³-hybridized carbons (Fsp3) is 0.500. The minimum atomic E-state index is -4.67. The number of nitrogens with one attached hydrogen (secondary N) is 1. The number of nitrogens with zero attached hydrogens (tertiary/aromatic N) is 1. The monoisotopic (exact) mass is 344 g/mol. The molecule has 0 unspecified atom stereocenters. The van der Waals surface area contributed by atoms with E-state index in [2.05, 4.69) is 22.9 Å². The molecular formula is C10H17ClN2O5S2. The number of aromatic nitrogens is 1. The summed E-state index contributed by atoms with van der Waals surface area (Å²) in [5.74, 6) is 1.36. The van der Waals surface area contributed by atoms with Gasteiger partial charge in [-0.25, -0.2) is 4.98 Å². The maximum Gasteiger partial charge on any atom is 0.394 e. The van der Waals surface area contributed by atoms with Gasteiger partial charge in [-0.15, -0.1) is 0 Å². The summed E-state index contributed by atoms with van der Waals surface area (Å²) in [6.07, 6.45) is 2.60. The summed E-state index contributed by atoms with van der Waals surface area (Å²) in [5.41, 5.74) is 0. The highest BCUT2D eigenvalue weighted by Gasteiger charge is 2.00. The van der Waals surface area contributed by atoms with E-state index in [1.165, 1.54) is 0 Å². The summed E-state index contributed by atoms with van der Waals surface area (Å²) < 4.78 is 37.0. The highest BCUT2D eigenvalue weighted by Crippen LogP contribution is 2.19. The van der Waals surface area contributed by atoms with Crippen LogP contribution >= 0.6 is 24.2 Å². The molecule has 1 aromatic rings. The van der Waals surface area contributed by atoms with Gasteiger partial charge in [0.2, 0.25) is 5.88 Å². The molecule has 0 aliphatic rings. The molecule has 1 aromatic heterocycles. The molecule has 116 valence electrons. The van der Waals surface area contributed by atoms with E-state index < -0.39 is 10.4 Å². The maximum absolute atomic E-state index is 8.74. The zero-order chi connectivity index (χ0) is 15.4. The zero-order valence-electron chi connectivity index (χ0n) is 10.6. The van der Waals surface area contributed by atoms with Gasteiger partial charge in [0.1, 0.15) is 5.02 Å². The molecule has 3 N–H and O–H groups in total. The zero-order valence-corrected chi connectivity index (χ0v) is 13.0. The molecule has 0 aliphatic heterocycles. The van der Waals surface area contributed by atoms with Crippen LogP contribution in [0.4, 0.5) is 0 Å². The highest BCUT2D eigenvalue weighted by molar-refractivity contribution is 7.80. The van der Waals surface area contributed by atoms with Crippen molar-refractivity contribution in [3.05, 3.63) is 23.4 Å². The molecule has 0 aliphatic carbocycles. The van der Waals surface area contributed by atoms with E-state index in [0.29, 0.717) is 17.5 Å². The Kier molecular flexibility index (Phi) is 10.8. The summed E-state index contributed by atoms with van der Waals surface area (Å²) in [5, 5.41) is 3.78. The van der Waals surface area contributed by atoms with Crippen LogP contribution in [0.5, 0.6) is 5.88 Å². The maximum atomic E-state index is 8.74. The molecule has 0 bridgehead atoms. The third-order valence-electron chi connectivity index (χ3n) is 1.75. The Morgan fingerprint density at radius 1 is 1.40 bits per heavy atom. The molecule has 0 fully saturated rings. The molecule has 0 atom stereocenters. The Bertz CT molecular complexity index is 464. The Balaban J connectivity index is 0.000000621. The first-order chi connectivity index (χ1) is 9.34. The fourth-order valence-corrected chi connectivity index (χ4v) is 1.38. The predicted octanol–water partition coefficient (Wildman–Crippen LogP) is 1.37. The quantitative estimate of drug-likeness (QED) is 0.336. The number of rotatable bonds is 7. The van der Waals surface area contributed by atoms with Gasteiger partial charge < -0.3 is 10.1 Å². The number of halogens is 1. The molecule has 0 saturated heterocycles. The molecule has 1 rings (SSSR count). The minimum absolute atomic E-state index is 0.508. The van der Waals surface area contributed by atoms with Crippen LogP contribution in [-0.4, -0.2) is 48.0 Å². The molecule has 0 spiro atoms. The van der Waals surface area contributed by atoms with Crippen LogP contribution in [0.3, 0.4) is 0 Å². The van der Waals surface area contributed by atoms with Gasteiger partial charge in [0.15, 0.2) is 0 Å². The average Bonchev–Trinajstić information content (AvgIpc) is 2.33. The van der Waals surface area contributed by atoms with E-state index in [1.54, 1.807) is 18.3 Å². The van der Waals surface area contributed by atoms with Gasteiger partial charge in [-0.1, -0.05) is 11.6 Å². The SMILES string of the molecule is O=S(=O)(O)O.SCCNCCCOc1ncccc1Cl. The summed E-state index contributed by atoms with van der Waals surface area (Å²) in [4.78, 5) is 4.03. The van der Waals surface area contributed by atoms with Gasteiger partial charge in [0.05, 0.1) is 6.61 Å². The molecule has 20 heavy (non-hydrogen) atoms. The Labute approximate surface area is 128 Å². The van der Waals surface area contributed by atoms with Crippen molar-refractivity contribution in [2.24, 2.45) is 0 Å². The summed E-state index contributed by atoms with van der Waals surface area (Å²) in [6.45, 7) is 2.47. The van der Waals surface area contributed by atoms with Gasteiger partial charge in [0, 0.05) is 18.5 Å². The van der Waals surface area contributed by atoms with E-state index in [-0.39, 0.29) is 0 Å². The van der Waals surface area contributed by atoms with E-state index in [0.717, 1.165) is 25.3 Å². The van der Waals surface area contributed by atoms with E-state index in [4.69, 9.17) is 33.9 Å². The third-order valence-corrected chi connectivity index (χ3v) is 2.26. The Hall–Kier alpha value is -0.580. The van der Waals surface area contributed by atoms with Gasteiger partial charge >= 0.3 is 10.4 Å². The van der Waals surface area contributed by atoms with Gasteiger partial charge in [-0.05, 0) is 25.1 Å². The van der Waals surface area contributed by atoms with E-state index in [1.807, 2.05) is 0 Å². The van der Waals surface area contributed by atoms with Crippen molar-refractivity contribution in [1.29, 1.82) is 0 Å². The summed E-state index contributed by atoms with van der Waals surface area (Å²) >= 11 is 9.97. The first-order valence-electron chi connectivity index (χ1n) is 5.59. The normalized spacial score (nSPS) is 10.6. The predicted molar refractivity (Wildman–Crippen MR) is 80.3 cm³/mol. The smallest absolute Gasteiger partial charge is 0.394 e. The van der Waals surface area contributed by atoms with Crippen molar-refractivity contribution in [2.75, 3.05) is 25.4 Å². The van der Waals surface area contributed by atoms with Crippen molar-refractivity contribution < 1.29 is 22.3 Å². The summed E-state index contributed by atoms with van der Waals surface area (Å²) in [7, 11) is -4.67. The lowest BCUT2D eigenvalue weighted by Gasteiger charge is -2.06. The van der Waals surface area contributed by atoms with Gasteiger partial charge in [-0.3, -0.25) is 9.11 Å². The first-order valence-corrected chi connectivity index (χ1v) is 8.00. The standard InChI is InChI=1S/C10H15ClN2OS.H2O4S/c11-9-3-1-5-13-10(9)14-7-2-4-12-6-8-15;1-5(2,3)4/h1,3,5,12,15H,2,4,6-8H2;(H2,1,2,3,4). The van der Waals surface area contributed by atoms with Crippen LogP contribution in [0.15, 0.2) is 18.3 Å². The minimum Gasteiger partial charge on any atom is -0.477 e. The summed E-state index contributed by atoms with van der Waals surface area (Å²) in [6, 6.07) is 3.55. The van der Waals surface area contributed by atoms with Crippen molar-refractivity contribution >= 4 is 34.6 Å². The van der Waals surface area contributed by atoms with Crippen LogP contribution in [0.2, 0.25) is 5.02 Å². The van der Waals surface area contributed by atoms with Crippen molar-refractivity contribution in [2.45, 2.75) is 6.42 Å². The third kappa shape index (κ3) is 13.8. The Morgan fingerprint density at radius 3 is 2.60 bits per heavy atom. The lowest BCUT2D eigenvalue weighted by atomic mass is 10.4. The average molecular weight is 345 g/mol. The molecule has 0 aromatic carbocycles. The lowest BCUT2D eigenvalue weighted by molar-refractivity contribution is 0.297. The lowest BCUT2D eigenvalue weighted by Crippen LogP contribution is -2.19. The second-order valence-electron chi connectivity index (χ2n) is 3.41. The number of ether oxygens (including phenoxy) is 1. The van der Waals surface area contributed by atoms with Crippen molar-refractivity contribution in [1.82, 2.24) is 10.3 Å². The topological polar surface area (TPSA) is 109 Å². The van der Waals surface area contributed by atoms with Crippen LogP contribution in [0, 0.1) is 0 Å². The van der Waals surface area contributed by atoms with Gasteiger partial charge in [0.25, 0.3) is 0 Å². The molecule has 0 saturated carbocycles. The Morgan fingerprint density at radius 2 is 2.05 bits per heavy atom. The highest BCUT2D eigenvalue weighted by atomic mass is 35.5. The van der Waals surface area contributed by atoms with Crippen LogP contribution in [-0.2, 0) is 10.4 Å². The second-order valence-corrected chi connectivity index (χ2v) is 5.16. The van der Waals surface area contributed by atoms with Crippen molar-refractivity contribution in [3.8, 4) is 5.88 Å². The number of pyridine rings is 1. The largest absolute Gasteiger partial charge is 0.477 e. The van der Waals surface area contributed by atoms with Crippen LogP contribution in [0.25, 0.3) is 0 Å². The molecule has 0 radical (unpaired) electrons. The van der Waals surface area contributed by atoms with Crippen LogP contribution < -0.4 is 10.1 Å². The number of hydrogen-bond donors (Lipinski definition) is 4. The second kappa shape index (κ2) is 11.1. The number of thiol groups is 1. The fourth-order valence-electron chi connectivity index (χ4n) is 1.05. The molecular weight excluding hydrogens is 328 g/mol. The van der Waals surface area contributed by atoms with Crippen LogP contribution in [0.1, 0.15) is 6.42 Å². The molecule has 7 nitrogen and oxygen atoms in total. The number of hydrogen-bond acceptors (Lipinski definition) is 6. The van der Waals surface area contributed by atoms with Gasteiger partial charge in [-0.2, -0.15) is 21.0 Å². The first kappa shape index (κ1) is 19.4. The van der Waals surface area contributed by atoms with E-state index >= 15 is 0 Å². The molecule has 10 heteroatoms. The molecule has 0 amide bonds.